The molecule has 1 aromatic carbocycles. The van der Waals surface area contributed by atoms with E-state index in [1.165, 1.54) is 6.07 Å². The van der Waals surface area contributed by atoms with Gasteiger partial charge in [0.15, 0.2) is 9.84 Å². The smallest absolute Gasteiger partial charge is 0.235 e. The number of sulfone groups is 1. The van der Waals surface area contributed by atoms with E-state index >= 15 is 0 Å². The monoisotopic (exact) mass is 268 g/mol. The van der Waals surface area contributed by atoms with Gasteiger partial charge in [0.05, 0.1) is 10.6 Å². The van der Waals surface area contributed by atoms with E-state index in [1.807, 2.05) is 0 Å². The van der Waals surface area contributed by atoms with Gasteiger partial charge in [0.2, 0.25) is 5.91 Å². The van der Waals surface area contributed by atoms with Crippen molar-refractivity contribution in [3.8, 4) is 0 Å². The fourth-order valence-electron chi connectivity index (χ4n) is 1.66. The SMILES string of the molecule is Cc1ccc(N)c(S(=O)(=O)CC(=O)NC2CC2)c1. The average Bonchev–Trinajstić information content (AvgIpc) is 3.04. The predicted octanol–water partition coefficient (Wildman–Crippen LogP) is 0.630. The summed E-state index contributed by atoms with van der Waals surface area (Å²) in [7, 11) is -3.67. The second-order valence-electron chi connectivity index (χ2n) is 4.64. The molecule has 3 N–H and O–H groups in total. The van der Waals surface area contributed by atoms with Gasteiger partial charge < -0.3 is 11.1 Å². The highest BCUT2D eigenvalue weighted by Gasteiger charge is 2.27. The Balaban J connectivity index is 2.18. The van der Waals surface area contributed by atoms with Crippen molar-refractivity contribution >= 4 is 21.4 Å². The lowest BCUT2D eigenvalue weighted by molar-refractivity contribution is -0.118. The van der Waals surface area contributed by atoms with Crippen LogP contribution >= 0.6 is 0 Å². The Labute approximate surface area is 106 Å². The maximum absolute atomic E-state index is 12.1. The van der Waals surface area contributed by atoms with Gasteiger partial charge in [-0.25, -0.2) is 8.42 Å². The van der Waals surface area contributed by atoms with Crippen LogP contribution in [0.1, 0.15) is 18.4 Å². The Hall–Kier alpha value is -1.56. The molecule has 0 heterocycles. The van der Waals surface area contributed by atoms with Crippen LogP contribution in [0.3, 0.4) is 0 Å². The van der Waals surface area contributed by atoms with E-state index in [1.54, 1.807) is 19.1 Å². The molecule has 0 aromatic heterocycles. The third kappa shape index (κ3) is 3.01. The second kappa shape index (κ2) is 4.61. The lowest BCUT2D eigenvalue weighted by atomic mass is 10.2. The first-order valence-corrected chi connectivity index (χ1v) is 7.42. The number of rotatable bonds is 4. The number of anilines is 1. The molecule has 0 spiro atoms. The van der Waals surface area contributed by atoms with E-state index in [0.29, 0.717) is 0 Å². The minimum Gasteiger partial charge on any atom is -0.398 e. The van der Waals surface area contributed by atoms with Gasteiger partial charge in [-0.3, -0.25) is 4.79 Å². The summed E-state index contributed by atoms with van der Waals surface area (Å²) in [5.74, 6) is -1.00. The number of amides is 1. The molecule has 0 aliphatic heterocycles. The maximum atomic E-state index is 12.1. The Morgan fingerprint density at radius 1 is 1.44 bits per heavy atom. The molecule has 1 aliphatic rings. The third-order valence-electron chi connectivity index (χ3n) is 2.77. The Morgan fingerprint density at radius 2 is 2.11 bits per heavy atom. The van der Waals surface area contributed by atoms with Crippen molar-refractivity contribution in [1.29, 1.82) is 0 Å². The van der Waals surface area contributed by atoms with Crippen LogP contribution in [0.2, 0.25) is 0 Å². The lowest BCUT2D eigenvalue weighted by Crippen LogP contribution is -2.32. The molecule has 98 valence electrons. The van der Waals surface area contributed by atoms with E-state index < -0.39 is 21.5 Å². The summed E-state index contributed by atoms with van der Waals surface area (Å²) in [5, 5.41) is 2.65. The van der Waals surface area contributed by atoms with Gasteiger partial charge in [0, 0.05) is 6.04 Å². The van der Waals surface area contributed by atoms with Gasteiger partial charge in [0.25, 0.3) is 0 Å². The van der Waals surface area contributed by atoms with E-state index in [0.717, 1.165) is 18.4 Å². The number of carbonyl (C=O) groups excluding carboxylic acids is 1. The largest absolute Gasteiger partial charge is 0.398 e. The summed E-state index contributed by atoms with van der Waals surface area (Å²) in [6.07, 6.45) is 1.86. The van der Waals surface area contributed by atoms with Crippen LogP contribution in [0.5, 0.6) is 0 Å². The molecule has 18 heavy (non-hydrogen) atoms. The second-order valence-corrected chi connectivity index (χ2v) is 6.60. The number of nitrogens with two attached hydrogens (primary N) is 1. The summed E-state index contributed by atoms with van der Waals surface area (Å²) in [5.41, 5.74) is 6.63. The van der Waals surface area contributed by atoms with Crippen molar-refractivity contribution in [2.45, 2.75) is 30.7 Å². The molecule has 0 saturated heterocycles. The average molecular weight is 268 g/mol. The number of nitrogens with one attached hydrogen (secondary N) is 1. The van der Waals surface area contributed by atoms with Crippen LogP contribution in [0.4, 0.5) is 5.69 Å². The van der Waals surface area contributed by atoms with Crippen molar-refractivity contribution in [2.24, 2.45) is 0 Å². The quantitative estimate of drug-likeness (QED) is 0.784. The van der Waals surface area contributed by atoms with Gasteiger partial charge >= 0.3 is 0 Å². The van der Waals surface area contributed by atoms with Crippen LogP contribution < -0.4 is 11.1 Å². The Kier molecular flexibility index (Phi) is 3.30. The minimum absolute atomic E-state index is 0.0356. The molecule has 1 aliphatic carbocycles. The van der Waals surface area contributed by atoms with E-state index in [9.17, 15) is 13.2 Å². The molecular formula is C12H16N2O3S. The number of hydrogen-bond acceptors (Lipinski definition) is 4. The van der Waals surface area contributed by atoms with Crippen molar-refractivity contribution in [3.05, 3.63) is 23.8 Å². The lowest BCUT2D eigenvalue weighted by Gasteiger charge is -2.08. The highest BCUT2D eigenvalue weighted by Crippen LogP contribution is 2.22. The van der Waals surface area contributed by atoms with Crippen molar-refractivity contribution < 1.29 is 13.2 Å². The molecule has 1 amide bonds. The summed E-state index contributed by atoms with van der Waals surface area (Å²) < 4.78 is 24.2. The van der Waals surface area contributed by atoms with Crippen LogP contribution in [0, 0.1) is 6.92 Å². The minimum atomic E-state index is -3.67. The summed E-state index contributed by atoms with van der Waals surface area (Å²) in [6.45, 7) is 1.78. The molecule has 0 unspecified atom stereocenters. The van der Waals surface area contributed by atoms with Crippen molar-refractivity contribution in [3.63, 3.8) is 0 Å². The normalized spacial score (nSPS) is 15.4. The Bertz CT molecular complexity index is 577. The molecule has 5 nitrogen and oxygen atoms in total. The van der Waals surface area contributed by atoms with Gasteiger partial charge in [0.1, 0.15) is 5.75 Å². The van der Waals surface area contributed by atoms with Gasteiger partial charge in [-0.05, 0) is 37.5 Å². The molecule has 0 bridgehead atoms. The van der Waals surface area contributed by atoms with Gasteiger partial charge in [-0.2, -0.15) is 0 Å². The first-order chi connectivity index (χ1) is 8.38. The van der Waals surface area contributed by atoms with Crippen molar-refractivity contribution in [2.75, 3.05) is 11.5 Å². The highest BCUT2D eigenvalue weighted by molar-refractivity contribution is 7.92. The number of aryl methyl sites for hydroxylation is 1. The highest BCUT2D eigenvalue weighted by atomic mass is 32.2. The molecule has 0 atom stereocenters. The Morgan fingerprint density at radius 3 is 2.72 bits per heavy atom. The predicted molar refractivity (Wildman–Crippen MR) is 68.8 cm³/mol. The zero-order valence-corrected chi connectivity index (χ0v) is 11.0. The van der Waals surface area contributed by atoms with Crippen LogP contribution in [-0.2, 0) is 14.6 Å². The van der Waals surface area contributed by atoms with E-state index in [2.05, 4.69) is 5.32 Å². The van der Waals surface area contributed by atoms with E-state index in [-0.39, 0.29) is 16.6 Å². The number of benzene rings is 1. The van der Waals surface area contributed by atoms with Crippen LogP contribution in [-0.4, -0.2) is 26.1 Å². The topological polar surface area (TPSA) is 89.3 Å². The zero-order valence-electron chi connectivity index (χ0n) is 10.1. The molecule has 0 radical (unpaired) electrons. The third-order valence-corrected chi connectivity index (χ3v) is 4.43. The number of nitrogen functional groups attached to an aromatic ring is 1. The molecule has 1 saturated carbocycles. The first-order valence-electron chi connectivity index (χ1n) is 5.77. The van der Waals surface area contributed by atoms with Crippen LogP contribution in [0.15, 0.2) is 23.1 Å². The molecule has 1 fully saturated rings. The van der Waals surface area contributed by atoms with Crippen LogP contribution in [0.25, 0.3) is 0 Å². The van der Waals surface area contributed by atoms with E-state index in [4.69, 9.17) is 5.73 Å². The molecular weight excluding hydrogens is 252 g/mol. The van der Waals surface area contributed by atoms with Gasteiger partial charge in [-0.1, -0.05) is 6.07 Å². The summed E-state index contributed by atoms with van der Waals surface area (Å²) in [4.78, 5) is 11.6. The maximum Gasteiger partial charge on any atom is 0.235 e. The standard InChI is InChI=1S/C12H16N2O3S/c1-8-2-5-10(13)11(6-8)18(16,17)7-12(15)14-9-3-4-9/h2,5-6,9H,3-4,7,13H2,1H3,(H,14,15). The zero-order chi connectivity index (χ0) is 13.3. The summed E-state index contributed by atoms with van der Waals surface area (Å²) in [6, 6.07) is 4.93. The molecule has 1 aromatic rings. The fraction of sp³-hybridized carbons (Fsp3) is 0.417. The van der Waals surface area contributed by atoms with Gasteiger partial charge in [-0.15, -0.1) is 0 Å². The molecule has 6 heteroatoms. The fourth-order valence-corrected chi connectivity index (χ4v) is 3.03. The number of carbonyl (C=O) groups is 1. The first kappa shape index (κ1) is 12.9. The number of hydrogen-bond donors (Lipinski definition) is 2. The molecule has 2 rings (SSSR count). The summed E-state index contributed by atoms with van der Waals surface area (Å²) >= 11 is 0. The van der Waals surface area contributed by atoms with Crippen molar-refractivity contribution in [1.82, 2.24) is 5.32 Å².